The van der Waals surface area contributed by atoms with E-state index >= 15 is 0 Å². The molecule has 1 rings (SSSR count). The zero-order valence-corrected chi connectivity index (χ0v) is 10.5. The fraction of sp³-hybridized carbons (Fsp3) is 0.556. The molecule has 0 aliphatic carbocycles. The van der Waals surface area contributed by atoms with Crippen LogP contribution in [-0.2, 0) is 0 Å². The van der Waals surface area contributed by atoms with Crippen LogP contribution in [0.15, 0.2) is 0 Å². The molecule has 1 aromatic rings. The summed E-state index contributed by atoms with van der Waals surface area (Å²) in [6.07, 6.45) is 2.04. The second kappa shape index (κ2) is 5.37. The number of carboxylic acid groups (broad SMARTS) is 1. The van der Waals surface area contributed by atoms with Gasteiger partial charge in [-0.1, -0.05) is 0 Å². The molecule has 1 heterocycles. The normalized spacial score (nSPS) is 12.5. The maximum atomic E-state index is 10.8. The molecule has 0 aliphatic heterocycles. The zero-order chi connectivity index (χ0) is 11.4. The van der Waals surface area contributed by atoms with Crippen LogP contribution >= 0.6 is 23.1 Å². The second-order valence-electron chi connectivity index (χ2n) is 3.23. The molecule has 2 N–H and O–H groups in total. The molecule has 4 nitrogen and oxygen atoms in total. The third kappa shape index (κ3) is 3.39. The van der Waals surface area contributed by atoms with Gasteiger partial charge in [-0.3, -0.25) is 0 Å². The fourth-order valence-corrected chi connectivity index (χ4v) is 2.66. The Hall–Kier alpha value is -0.750. The summed E-state index contributed by atoms with van der Waals surface area (Å²) in [5, 5.41) is 12.7. The van der Waals surface area contributed by atoms with Gasteiger partial charge in [-0.15, -0.1) is 11.3 Å². The smallest absolute Gasteiger partial charge is 0.355 e. The minimum atomic E-state index is -0.964. The first-order valence-electron chi connectivity index (χ1n) is 4.50. The maximum Gasteiger partial charge on any atom is 0.355 e. The number of nitrogens with zero attached hydrogens (tertiary/aromatic N) is 1. The molecule has 0 bridgehead atoms. The van der Waals surface area contributed by atoms with E-state index in [9.17, 15) is 4.79 Å². The molecule has 0 fully saturated rings. The Bertz CT molecular complexity index is 352. The van der Waals surface area contributed by atoms with Crippen LogP contribution in [0.4, 0.5) is 5.13 Å². The van der Waals surface area contributed by atoms with Gasteiger partial charge in [0.15, 0.2) is 10.8 Å². The van der Waals surface area contributed by atoms with Crippen molar-refractivity contribution in [2.75, 3.05) is 17.3 Å². The SMILES string of the molecule is CSCC(C)Nc1nc(C(=O)O)c(C)s1. The highest BCUT2D eigenvalue weighted by Crippen LogP contribution is 2.22. The number of carboxylic acids is 1. The Morgan fingerprint density at radius 2 is 2.40 bits per heavy atom. The van der Waals surface area contributed by atoms with Gasteiger partial charge >= 0.3 is 5.97 Å². The van der Waals surface area contributed by atoms with Gasteiger partial charge in [-0.25, -0.2) is 9.78 Å². The van der Waals surface area contributed by atoms with Crippen LogP contribution in [0.5, 0.6) is 0 Å². The molecule has 6 heteroatoms. The quantitative estimate of drug-likeness (QED) is 0.834. The van der Waals surface area contributed by atoms with Crippen molar-refractivity contribution in [1.82, 2.24) is 4.98 Å². The van der Waals surface area contributed by atoms with Crippen molar-refractivity contribution in [2.45, 2.75) is 19.9 Å². The number of anilines is 1. The third-order valence-electron chi connectivity index (χ3n) is 1.79. The lowest BCUT2D eigenvalue weighted by atomic mass is 10.4. The summed E-state index contributed by atoms with van der Waals surface area (Å²) in [5.74, 6) is 0.00965. The summed E-state index contributed by atoms with van der Waals surface area (Å²) >= 11 is 3.13. The van der Waals surface area contributed by atoms with E-state index in [-0.39, 0.29) is 5.69 Å². The molecular formula is C9H14N2O2S2. The van der Waals surface area contributed by atoms with E-state index in [0.717, 1.165) is 10.6 Å². The molecule has 0 spiro atoms. The molecule has 1 aromatic heterocycles. The lowest BCUT2D eigenvalue weighted by molar-refractivity contribution is 0.0690. The monoisotopic (exact) mass is 246 g/mol. The van der Waals surface area contributed by atoms with E-state index < -0.39 is 5.97 Å². The molecule has 0 radical (unpaired) electrons. The summed E-state index contributed by atoms with van der Waals surface area (Å²) in [4.78, 5) is 15.5. The summed E-state index contributed by atoms with van der Waals surface area (Å²) in [6, 6.07) is 0.298. The van der Waals surface area contributed by atoms with Crippen molar-refractivity contribution in [3.05, 3.63) is 10.6 Å². The standard InChI is InChI=1S/C9H14N2O2S2/c1-5(4-14-3)10-9-11-7(8(12)13)6(2)15-9/h5H,4H2,1-3H3,(H,10,11)(H,12,13). The molecule has 0 saturated heterocycles. The Labute approximate surface area is 97.1 Å². The zero-order valence-electron chi connectivity index (χ0n) is 8.90. The lowest BCUT2D eigenvalue weighted by Crippen LogP contribution is -2.17. The van der Waals surface area contributed by atoms with Gasteiger partial charge in [0.05, 0.1) is 0 Å². The van der Waals surface area contributed by atoms with Crippen LogP contribution in [0.1, 0.15) is 22.3 Å². The van der Waals surface area contributed by atoms with Gasteiger partial charge in [0.1, 0.15) is 0 Å². The Morgan fingerprint density at radius 3 is 2.87 bits per heavy atom. The highest BCUT2D eigenvalue weighted by atomic mass is 32.2. The van der Waals surface area contributed by atoms with Gasteiger partial charge in [-0.05, 0) is 20.1 Å². The van der Waals surface area contributed by atoms with Crippen molar-refractivity contribution < 1.29 is 9.90 Å². The number of hydrogen-bond donors (Lipinski definition) is 2. The number of hydrogen-bond acceptors (Lipinski definition) is 5. The first kappa shape index (κ1) is 12.3. The summed E-state index contributed by atoms with van der Waals surface area (Å²) in [5.41, 5.74) is 0.152. The Morgan fingerprint density at radius 1 is 1.73 bits per heavy atom. The number of aromatic carboxylic acids is 1. The van der Waals surface area contributed by atoms with E-state index in [1.54, 1.807) is 18.7 Å². The van der Waals surface area contributed by atoms with Gasteiger partial charge in [0.2, 0.25) is 0 Å². The van der Waals surface area contributed by atoms with E-state index in [1.807, 2.05) is 13.2 Å². The van der Waals surface area contributed by atoms with Gasteiger partial charge in [0.25, 0.3) is 0 Å². The topological polar surface area (TPSA) is 62.2 Å². The number of thiazole rings is 1. The first-order chi connectivity index (χ1) is 7.04. The number of rotatable bonds is 5. The van der Waals surface area contributed by atoms with Crippen LogP contribution in [0, 0.1) is 6.92 Å². The average Bonchev–Trinajstić information content (AvgIpc) is 2.47. The van der Waals surface area contributed by atoms with Crippen LogP contribution in [0.25, 0.3) is 0 Å². The van der Waals surface area contributed by atoms with Crippen molar-refractivity contribution in [3.8, 4) is 0 Å². The Balaban J connectivity index is 2.71. The molecule has 15 heavy (non-hydrogen) atoms. The minimum Gasteiger partial charge on any atom is -0.476 e. The molecule has 0 amide bonds. The van der Waals surface area contributed by atoms with Crippen molar-refractivity contribution in [1.29, 1.82) is 0 Å². The molecular weight excluding hydrogens is 232 g/mol. The van der Waals surface area contributed by atoms with E-state index in [2.05, 4.69) is 10.3 Å². The number of aryl methyl sites for hydroxylation is 1. The van der Waals surface area contributed by atoms with E-state index in [0.29, 0.717) is 11.2 Å². The number of aromatic nitrogens is 1. The number of carbonyl (C=O) groups is 1. The predicted octanol–water partition coefficient (Wildman–Crippen LogP) is 2.31. The molecule has 0 aromatic carbocycles. The average molecular weight is 246 g/mol. The lowest BCUT2D eigenvalue weighted by Gasteiger charge is -2.10. The molecule has 1 unspecified atom stereocenters. The second-order valence-corrected chi connectivity index (χ2v) is 5.34. The fourth-order valence-electron chi connectivity index (χ4n) is 1.16. The summed E-state index contributed by atoms with van der Waals surface area (Å²) in [7, 11) is 0. The maximum absolute atomic E-state index is 10.8. The highest BCUT2D eigenvalue weighted by Gasteiger charge is 2.14. The summed E-state index contributed by atoms with van der Waals surface area (Å²) < 4.78 is 0. The molecule has 1 atom stereocenters. The van der Waals surface area contributed by atoms with Gasteiger partial charge < -0.3 is 10.4 Å². The van der Waals surface area contributed by atoms with Crippen LogP contribution in [0.2, 0.25) is 0 Å². The molecule has 84 valence electrons. The third-order valence-corrected chi connectivity index (χ3v) is 3.52. The predicted molar refractivity (Wildman–Crippen MR) is 65.3 cm³/mol. The first-order valence-corrected chi connectivity index (χ1v) is 6.71. The summed E-state index contributed by atoms with van der Waals surface area (Å²) in [6.45, 7) is 3.82. The number of thioether (sulfide) groups is 1. The van der Waals surface area contributed by atoms with Crippen molar-refractivity contribution in [3.63, 3.8) is 0 Å². The van der Waals surface area contributed by atoms with Gasteiger partial charge in [-0.2, -0.15) is 11.8 Å². The van der Waals surface area contributed by atoms with Crippen LogP contribution in [0.3, 0.4) is 0 Å². The molecule has 0 saturated carbocycles. The van der Waals surface area contributed by atoms with Crippen molar-refractivity contribution in [2.24, 2.45) is 0 Å². The molecule has 0 aliphatic rings. The van der Waals surface area contributed by atoms with Crippen LogP contribution in [-0.4, -0.2) is 34.1 Å². The van der Waals surface area contributed by atoms with Gasteiger partial charge in [0, 0.05) is 16.7 Å². The van der Waals surface area contributed by atoms with Crippen molar-refractivity contribution >= 4 is 34.2 Å². The van der Waals surface area contributed by atoms with E-state index in [1.165, 1.54) is 11.3 Å². The van der Waals surface area contributed by atoms with E-state index in [4.69, 9.17) is 5.11 Å². The van der Waals surface area contributed by atoms with Crippen LogP contribution < -0.4 is 5.32 Å². The number of nitrogens with one attached hydrogen (secondary N) is 1. The Kier molecular flexibility index (Phi) is 4.41. The minimum absolute atomic E-state index is 0.152. The highest BCUT2D eigenvalue weighted by molar-refractivity contribution is 7.98. The largest absolute Gasteiger partial charge is 0.476 e.